The van der Waals surface area contributed by atoms with Crippen molar-refractivity contribution in [2.75, 3.05) is 39.4 Å². The van der Waals surface area contributed by atoms with E-state index in [1.54, 1.807) is 6.20 Å². The summed E-state index contributed by atoms with van der Waals surface area (Å²) in [6.45, 7) is 4.24. The van der Waals surface area contributed by atoms with Crippen LogP contribution in [-0.4, -0.2) is 65.0 Å². The number of urea groups is 1. The van der Waals surface area contributed by atoms with Gasteiger partial charge in [0.1, 0.15) is 0 Å². The Bertz CT molecular complexity index is 458. The van der Waals surface area contributed by atoms with Gasteiger partial charge in [-0.25, -0.2) is 4.79 Å². The van der Waals surface area contributed by atoms with Crippen LogP contribution in [0.4, 0.5) is 4.79 Å². The summed E-state index contributed by atoms with van der Waals surface area (Å²) in [5, 5.41) is 4.30. The number of halogens is 1. The first kappa shape index (κ1) is 12.9. The summed E-state index contributed by atoms with van der Waals surface area (Å²) in [6.07, 6.45) is 4.71. The van der Waals surface area contributed by atoms with Crippen molar-refractivity contribution in [2.45, 2.75) is 12.5 Å². The highest BCUT2D eigenvalue weighted by molar-refractivity contribution is 9.10. The molecule has 104 valence electrons. The Morgan fingerprint density at radius 2 is 2.11 bits per heavy atom. The van der Waals surface area contributed by atoms with Crippen LogP contribution in [0.5, 0.6) is 0 Å². The molecule has 0 aliphatic carbocycles. The van der Waals surface area contributed by atoms with Gasteiger partial charge in [0.25, 0.3) is 0 Å². The van der Waals surface area contributed by atoms with Crippen molar-refractivity contribution in [3.63, 3.8) is 0 Å². The molecular formula is C12H17BrN4O2. The lowest BCUT2D eigenvalue weighted by atomic mass is 10.3. The van der Waals surface area contributed by atoms with Crippen LogP contribution in [0.25, 0.3) is 0 Å². The predicted molar refractivity (Wildman–Crippen MR) is 72.9 cm³/mol. The number of ether oxygens (including phenoxy) is 1. The summed E-state index contributed by atoms with van der Waals surface area (Å²) in [4.78, 5) is 16.1. The molecule has 0 radical (unpaired) electrons. The molecule has 6 nitrogen and oxygen atoms in total. The lowest BCUT2D eigenvalue weighted by molar-refractivity contribution is 0.0449. The number of hydrogen-bond donors (Lipinski definition) is 0. The van der Waals surface area contributed by atoms with Gasteiger partial charge in [-0.1, -0.05) is 0 Å². The first-order valence-electron chi connectivity index (χ1n) is 6.55. The van der Waals surface area contributed by atoms with Crippen LogP contribution < -0.4 is 0 Å². The van der Waals surface area contributed by atoms with E-state index < -0.39 is 0 Å². The maximum atomic E-state index is 12.3. The third-order valence-corrected chi connectivity index (χ3v) is 4.07. The molecule has 0 spiro atoms. The number of nitrogens with zero attached hydrogens (tertiary/aromatic N) is 4. The van der Waals surface area contributed by atoms with E-state index >= 15 is 0 Å². The molecule has 3 rings (SSSR count). The second-order valence-electron chi connectivity index (χ2n) is 4.91. The minimum absolute atomic E-state index is 0.136. The van der Waals surface area contributed by atoms with E-state index in [1.165, 1.54) is 0 Å². The van der Waals surface area contributed by atoms with E-state index in [9.17, 15) is 4.79 Å². The second kappa shape index (κ2) is 5.50. The number of carbonyl (C=O) groups excluding carboxylic acids is 1. The van der Waals surface area contributed by atoms with Crippen molar-refractivity contribution >= 4 is 22.0 Å². The van der Waals surface area contributed by atoms with Crippen LogP contribution in [0.15, 0.2) is 16.9 Å². The van der Waals surface area contributed by atoms with Crippen molar-refractivity contribution in [2.24, 2.45) is 0 Å². The van der Waals surface area contributed by atoms with Crippen LogP contribution in [0.3, 0.4) is 0 Å². The van der Waals surface area contributed by atoms with Crippen molar-refractivity contribution in [3.05, 3.63) is 16.9 Å². The molecule has 1 aromatic heterocycles. The fraction of sp³-hybridized carbons (Fsp3) is 0.667. The molecule has 0 saturated carbocycles. The van der Waals surface area contributed by atoms with Crippen molar-refractivity contribution in [1.29, 1.82) is 0 Å². The molecule has 2 saturated heterocycles. The predicted octanol–water partition coefficient (Wildman–Crippen LogP) is 1.34. The summed E-state index contributed by atoms with van der Waals surface area (Å²) >= 11 is 3.40. The molecule has 0 N–H and O–H groups in total. The molecule has 2 aliphatic heterocycles. The van der Waals surface area contributed by atoms with E-state index in [0.29, 0.717) is 26.3 Å². The third-order valence-electron chi connectivity index (χ3n) is 3.66. The molecule has 2 aliphatic rings. The third kappa shape index (κ3) is 2.76. The minimum atomic E-state index is 0.136. The Hall–Kier alpha value is -1.08. The average Bonchev–Trinajstić information content (AvgIpc) is 3.07. The van der Waals surface area contributed by atoms with Crippen LogP contribution >= 0.6 is 15.9 Å². The fourth-order valence-corrected chi connectivity index (χ4v) is 2.90. The summed E-state index contributed by atoms with van der Waals surface area (Å²) in [7, 11) is 0. The maximum Gasteiger partial charge on any atom is 0.320 e. The van der Waals surface area contributed by atoms with Crippen LogP contribution in [0.1, 0.15) is 12.5 Å². The summed E-state index contributed by atoms with van der Waals surface area (Å²) in [5.74, 6) is 0. The summed E-state index contributed by atoms with van der Waals surface area (Å²) in [6, 6.07) is 0.424. The van der Waals surface area contributed by atoms with Gasteiger partial charge in [0, 0.05) is 32.4 Å². The Morgan fingerprint density at radius 1 is 1.32 bits per heavy atom. The number of aromatic nitrogens is 2. The van der Waals surface area contributed by atoms with Gasteiger partial charge >= 0.3 is 6.03 Å². The SMILES string of the molecule is O=C(N1CCOCC1)N1CCC(n2cc(Br)cn2)C1. The van der Waals surface area contributed by atoms with E-state index in [1.807, 2.05) is 20.7 Å². The van der Waals surface area contributed by atoms with E-state index in [2.05, 4.69) is 21.0 Å². The largest absolute Gasteiger partial charge is 0.378 e. The zero-order valence-electron chi connectivity index (χ0n) is 10.7. The van der Waals surface area contributed by atoms with E-state index in [4.69, 9.17) is 4.74 Å². The van der Waals surface area contributed by atoms with Gasteiger partial charge in [-0.05, 0) is 22.4 Å². The highest BCUT2D eigenvalue weighted by Gasteiger charge is 2.31. The number of likely N-dealkylation sites (tertiary alicyclic amines) is 1. The van der Waals surface area contributed by atoms with Crippen molar-refractivity contribution < 1.29 is 9.53 Å². The number of carbonyl (C=O) groups is 1. The molecule has 0 bridgehead atoms. The smallest absolute Gasteiger partial charge is 0.320 e. The summed E-state index contributed by atoms with van der Waals surface area (Å²) < 4.78 is 8.19. The normalized spacial score (nSPS) is 23.9. The topological polar surface area (TPSA) is 50.6 Å². The molecule has 1 atom stereocenters. The Balaban J connectivity index is 1.60. The molecule has 2 fully saturated rings. The number of amides is 2. The van der Waals surface area contributed by atoms with Crippen LogP contribution in [-0.2, 0) is 4.74 Å². The van der Waals surface area contributed by atoms with Gasteiger partial charge < -0.3 is 14.5 Å². The van der Waals surface area contributed by atoms with Gasteiger partial charge in [0.15, 0.2) is 0 Å². The van der Waals surface area contributed by atoms with E-state index in [0.717, 1.165) is 24.0 Å². The van der Waals surface area contributed by atoms with Gasteiger partial charge in [-0.15, -0.1) is 0 Å². The lowest BCUT2D eigenvalue weighted by Crippen LogP contribution is -2.47. The Morgan fingerprint density at radius 3 is 2.79 bits per heavy atom. The molecule has 1 aromatic rings. The average molecular weight is 329 g/mol. The zero-order valence-corrected chi connectivity index (χ0v) is 12.3. The standard InChI is InChI=1S/C12H17BrN4O2/c13-10-7-14-17(8-10)11-1-2-16(9-11)12(18)15-3-5-19-6-4-15/h7-8,11H,1-6,9H2. The Kier molecular flexibility index (Phi) is 3.74. The Labute approximate surface area is 120 Å². The molecule has 19 heavy (non-hydrogen) atoms. The number of hydrogen-bond acceptors (Lipinski definition) is 3. The van der Waals surface area contributed by atoms with Gasteiger partial charge in [0.05, 0.1) is 29.9 Å². The molecule has 2 amide bonds. The summed E-state index contributed by atoms with van der Waals surface area (Å²) in [5.41, 5.74) is 0. The number of rotatable bonds is 1. The van der Waals surface area contributed by atoms with Gasteiger partial charge in [0.2, 0.25) is 0 Å². The van der Waals surface area contributed by atoms with Crippen LogP contribution in [0.2, 0.25) is 0 Å². The highest BCUT2D eigenvalue weighted by Crippen LogP contribution is 2.23. The number of morpholine rings is 1. The van der Waals surface area contributed by atoms with E-state index in [-0.39, 0.29) is 12.1 Å². The van der Waals surface area contributed by atoms with Gasteiger partial charge in [-0.3, -0.25) is 4.68 Å². The molecule has 0 aromatic carbocycles. The molecule has 1 unspecified atom stereocenters. The lowest BCUT2D eigenvalue weighted by Gasteiger charge is -2.30. The van der Waals surface area contributed by atoms with Gasteiger partial charge in [-0.2, -0.15) is 5.10 Å². The highest BCUT2D eigenvalue weighted by atomic mass is 79.9. The quantitative estimate of drug-likeness (QED) is 0.781. The minimum Gasteiger partial charge on any atom is -0.378 e. The van der Waals surface area contributed by atoms with Crippen LogP contribution in [0, 0.1) is 0 Å². The fourth-order valence-electron chi connectivity index (χ4n) is 2.60. The molecule has 7 heteroatoms. The molecule has 3 heterocycles. The zero-order chi connectivity index (χ0) is 13.2. The first-order valence-corrected chi connectivity index (χ1v) is 7.34. The second-order valence-corrected chi connectivity index (χ2v) is 5.82. The monoisotopic (exact) mass is 328 g/mol. The van der Waals surface area contributed by atoms with Crippen molar-refractivity contribution in [3.8, 4) is 0 Å². The maximum absolute atomic E-state index is 12.3. The first-order chi connectivity index (χ1) is 9.24. The molecular weight excluding hydrogens is 312 g/mol. The van der Waals surface area contributed by atoms with Crippen molar-refractivity contribution in [1.82, 2.24) is 19.6 Å².